The number of hydrogen-bond donors (Lipinski definition) is 2. The lowest BCUT2D eigenvalue weighted by molar-refractivity contribution is 0.417. The van der Waals surface area contributed by atoms with Crippen molar-refractivity contribution in [1.82, 2.24) is 15.0 Å². The molecular formula is C23H17F2N5O2. The summed E-state index contributed by atoms with van der Waals surface area (Å²) in [5.74, 6) is -0.500. The van der Waals surface area contributed by atoms with E-state index in [-0.39, 0.29) is 12.1 Å². The number of H-pyrrole nitrogens is 1. The Morgan fingerprint density at radius 2 is 1.94 bits per heavy atom. The second kappa shape index (κ2) is 8.81. The SMILES string of the molecule is COc1cc2c(=O)[nH]c(Cc3ccc(-c4cc(F)cc(F)c4)nc3)nc2cc1NCC#N. The number of aromatic nitrogens is 3. The van der Waals surface area contributed by atoms with E-state index in [0.29, 0.717) is 45.8 Å². The molecule has 160 valence electrons. The quantitative estimate of drug-likeness (QED) is 0.449. The lowest BCUT2D eigenvalue weighted by Crippen LogP contribution is -2.13. The largest absolute Gasteiger partial charge is 0.495 e. The average molecular weight is 433 g/mol. The number of nitrogens with zero attached hydrogens (tertiary/aromatic N) is 3. The van der Waals surface area contributed by atoms with Crippen LogP contribution in [-0.2, 0) is 6.42 Å². The first-order valence-electron chi connectivity index (χ1n) is 9.60. The number of methoxy groups -OCH3 is 1. The topological polar surface area (TPSA) is 104 Å². The van der Waals surface area contributed by atoms with Gasteiger partial charge in [-0.05, 0) is 35.9 Å². The third kappa shape index (κ3) is 4.39. The Bertz CT molecular complexity index is 1370. The molecule has 2 N–H and O–H groups in total. The first-order chi connectivity index (χ1) is 15.5. The van der Waals surface area contributed by atoms with Crippen LogP contribution in [0, 0.1) is 23.0 Å². The third-order valence-corrected chi connectivity index (χ3v) is 4.79. The Kier molecular flexibility index (Phi) is 5.77. The molecule has 0 saturated carbocycles. The van der Waals surface area contributed by atoms with Gasteiger partial charge >= 0.3 is 0 Å². The van der Waals surface area contributed by atoms with E-state index in [9.17, 15) is 13.6 Å². The number of pyridine rings is 1. The van der Waals surface area contributed by atoms with Gasteiger partial charge in [0.25, 0.3) is 5.56 Å². The molecule has 0 amide bonds. The van der Waals surface area contributed by atoms with Crippen molar-refractivity contribution >= 4 is 16.6 Å². The molecule has 2 aromatic heterocycles. The van der Waals surface area contributed by atoms with Crippen molar-refractivity contribution in [3.8, 4) is 23.1 Å². The lowest BCUT2D eigenvalue weighted by atomic mass is 10.1. The number of hydrogen-bond acceptors (Lipinski definition) is 6. The van der Waals surface area contributed by atoms with Crippen molar-refractivity contribution in [2.75, 3.05) is 19.0 Å². The van der Waals surface area contributed by atoms with Crippen LogP contribution in [0.15, 0.2) is 53.5 Å². The molecule has 0 unspecified atom stereocenters. The fourth-order valence-corrected chi connectivity index (χ4v) is 3.33. The van der Waals surface area contributed by atoms with E-state index in [1.807, 2.05) is 6.07 Å². The van der Waals surface area contributed by atoms with Gasteiger partial charge in [-0.25, -0.2) is 13.8 Å². The maximum atomic E-state index is 13.5. The molecule has 0 aliphatic carbocycles. The summed E-state index contributed by atoms with van der Waals surface area (Å²) in [6.45, 7) is 0.0745. The van der Waals surface area contributed by atoms with E-state index < -0.39 is 11.6 Å². The Morgan fingerprint density at radius 3 is 2.59 bits per heavy atom. The summed E-state index contributed by atoms with van der Waals surface area (Å²) in [5, 5.41) is 12.1. The molecule has 4 rings (SSSR count). The van der Waals surface area contributed by atoms with Gasteiger partial charge in [0, 0.05) is 24.2 Å². The van der Waals surface area contributed by atoms with Gasteiger partial charge in [-0.1, -0.05) is 6.07 Å². The van der Waals surface area contributed by atoms with E-state index in [1.165, 1.54) is 19.2 Å². The standard InChI is InChI=1S/C23H17F2N5O2/c1-32-21-10-17-19(11-20(21)27-5-4-26)29-22(30-23(17)31)6-13-2-3-18(28-12-13)14-7-15(24)9-16(25)8-14/h2-3,7-12,27H,5-6H2,1H3,(H,29,30,31). The van der Waals surface area contributed by atoms with Crippen LogP contribution in [0.1, 0.15) is 11.4 Å². The van der Waals surface area contributed by atoms with E-state index in [1.54, 1.807) is 30.5 Å². The van der Waals surface area contributed by atoms with Crippen LogP contribution in [-0.4, -0.2) is 28.6 Å². The summed E-state index contributed by atoms with van der Waals surface area (Å²) < 4.78 is 32.2. The zero-order valence-electron chi connectivity index (χ0n) is 16.9. The molecule has 0 bridgehead atoms. The molecule has 0 atom stereocenters. The minimum Gasteiger partial charge on any atom is -0.495 e. The Morgan fingerprint density at radius 1 is 1.16 bits per heavy atom. The summed E-state index contributed by atoms with van der Waals surface area (Å²) >= 11 is 0. The smallest absolute Gasteiger partial charge is 0.258 e. The highest BCUT2D eigenvalue weighted by Gasteiger charge is 2.11. The van der Waals surface area contributed by atoms with Gasteiger partial charge in [0.15, 0.2) is 0 Å². The number of ether oxygens (including phenoxy) is 1. The van der Waals surface area contributed by atoms with Crippen LogP contribution in [0.2, 0.25) is 0 Å². The predicted octanol–water partition coefficient (Wildman–Crippen LogP) is 3.80. The molecule has 2 aromatic carbocycles. The molecule has 7 nitrogen and oxygen atoms in total. The number of rotatable bonds is 6. The second-order valence-corrected chi connectivity index (χ2v) is 6.98. The van der Waals surface area contributed by atoms with Crippen LogP contribution in [0.25, 0.3) is 22.2 Å². The van der Waals surface area contributed by atoms with Crippen LogP contribution in [0.4, 0.5) is 14.5 Å². The van der Waals surface area contributed by atoms with Gasteiger partial charge in [-0.3, -0.25) is 9.78 Å². The first-order valence-corrected chi connectivity index (χ1v) is 9.60. The van der Waals surface area contributed by atoms with Crippen LogP contribution in [0.5, 0.6) is 5.75 Å². The highest BCUT2D eigenvalue weighted by molar-refractivity contribution is 5.85. The van der Waals surface area contributed by atoms with Crippen LogP contribution >= 0.6 is 0 Å². The monoisotopic (exact) mass is 433 g/mol. The van der Waals surface area contributed by atoms with Crippen molar-refractivity contribution < 1.29 is 13.5 Å². The van der Waals surface area contributed by atoms with Gasteiger partial charge in [0.1, 0.15) is 29.8 Å². The summed E-state index contributed by atoms with van der Waals surface area (Å²) in [6, 6.07) is 11.8. The maximum Gasteiger partial charge on any atom is 0.258 e. The molecule has 0 spiro atoms. The minimum absolute atomic E-state index is 0.0745. The van der Waals surface area contributed by atoms with Gasteiger partial charge < -0.3 is 15.0 Å². The van der Waals surface area contributed by atoms with Gasteiger partial charge in [0.2, 0.25) is 0 Å². The Balaban J connectivity index is 1.63. The van der Waals surface area contributed by atoms with Crippen molar-refractivity contribution in [2.45, 2.75) is 6.42 Å². The summed E-state index contributed by atoms with van der Waals surface area (Å²) in [6.07, 6.45) is 1.86. The minimum atomic E-state index is -0.677. The number of benzene rings is 2. The number of nitrogens with one attached hydrogen (secondary N) is 2. The summed E-state index contributed by atoms with van der Waals surface area (Å²) in [5.41, 5.74) is 2.19. The fraction of sp³-hybridized carbons (Fsp3) is 0.130. The number of nitriles is 1. The van der Waals surface area contributed by atoms with Crippen molar-refractivity contribution in [2.24, 2.45) is 0 Å². The van der Waals surface area contributed by atoms with E-state index in [2.05, 4.69) is 20.3 Å². The van der Waals surface area contributed by atoms with E-state index in [0.717, 1.165) is 11.6 Å². The van der Waals surface area contributed by atoms with Gasteiger partial charge in [-0.2, -0.15) is 5.26 Å². The summed E-state index contributed by atoms with van der Waals surface area (Å²) in [7, 11) is 1.48. The van der Waals surface area contributed by atoms with E-state index in [4.69, 9.17) is 10.00 Å². The number of halogens is 2. The fourth-order valence-electron chi connectivity index (χ4n) is 3.33. The number of anilines is 1. The molecule has 0 aliphatic rings. The Hall–Kier alpha value is -4.32. The molecule has 0 saturated heterocycles. The van der Waals surface area contributed by atoms with Crippen molar-refractivity contribution in [3.05, 3.63) is 82.0 Å². The molecule has 32 heavy (non-hydrogen) atoms. The zero-order valence-corrected chi connectivity index (χ0v) is 16.9. The molecular weight excluding hydrogens is 416 g/mol. The zero-order chi connectivity index (χ0) is 22.7. The first kappa shape index (κ1) is 20.9. The van der Waals surface area contributed by atoms with Crippen molar-refractivity contribution in [3.63, 3.8) is 0 Å². The molecule has 0 aliphatic heterocycles. The molecule has 4 aromatic rings. The van der Waals surface area contributed by atoms with Gasteiger partial charge in [0.05, 0.1) is 35.5 Å². The number of aromatic amines is 1. The third-order valence-electron chi connectivity index (χ3n) is 4.79. The molecule has 0 fully saturated rings. The highest BCUT2D eigenvalue weighted by atomic mass is 19.1. The molecule has 0 radical (unpaired) electrons. The van der Waals surface area contributed by atoms with Crippen LogP contribution < -0.4 is 15.6 Å². The van der Waals surface area contributed by atoms with E-state index >= 15 is 0 Å². The average Bonchev–Trinajstić information content (AvgIpc) is 2.77. The highest BCUT2D eigenvalue weighted by Crippen LogP contribution is 2.28. The van der Waals surface area contributed by atoms with Gasteiger partial charge in [-0.15, -0.1) is 0 Å². The summed E-state index contributed by atoms with van der Waals surface area (Å²) in [4.78, 5) is 24.1. The Labute approximate surface area is 181 Å². The van der Waals surface area contributed by atoms with Crippen LogP contribution in [0.3, 0.4) is 0 Å². The predicted molar refractivity (Wildman–Crippen MR) is 115 cm³/mol. The maximum absolute atomic E-state index is 13.5. The molecule has 2 heterocycles. The van der Waals surface area contributed by atoms with Crippen molar-refractivity contribution in [1.29, 1.82) is 5.26 Å². The second-order valence-electron chi connectivity index (χ2n) is 6.98. The lowest BCUT2D eigenvalue weighted by Gasteiger charge is -2.11. The number of fused-ring (bicyclic) bond motifs is 1. The normalized spacial score (nSPS) is 10.7. The molecule has 9 heteroatoms.